The Bertz CT molecular complexity index is 1250. The molecule has 0 bridgehead atoms. The van der Waals surface area contributed by atoms with E-state index in [4.69, 9.17) is 0 Å². The third-order valence-corrected chi connectivity index (χ3v) is 4.77. The summed E-state index contributed by atoms with van der Waals surface area (Å²) in [7, 11) is 1.68. The standard InChI is InChI=1S/C21H19N5O2/c1-12-7-8-16(27)13(2)18(12)15-10-14-11-23-21(24-17-6-4-5-9-22-17)25-19(14)26(3)20(15)28/h4-11,27H,1-3H3,(H,22,23,24,25). The number of fused-ring (bicyclic) bond motifs is 1. The Morgan fingerprint density at radius 2 is 1.93 bits per heavy atom. The van der Waals surface area contributed by atoms with E-state index in [1.54, 1.807) is 44.6 Å². The van der Waals surface area contributed by atoms with E-state index in [9.17, 15) is 9.90 Å². The molecule has 1 aromatic carbocycles. The van der Waals surface area contributed by atoms with Crippen LogP contribution in [-0.4, -0.2) is 24.6 Å². The van der Waals surface area contributed by atoms with Crippen molar-refractivity contribution in [1.29, 1.82) is 0 Å². The van der Waals surface area contributed by atoms with Crippen molar-refractivity contribution in [1.82, 2.24) is 19.5 Å². The molecule has 140 valence electrons. The number of anilines is 2. The maximum Gasteiger partial charge on any atom is 0.259 e. The lowest BCUT2D eigenvalue weighted by Crippen LogP contribution is -2.20. The second kappa shape index (κ2) is 6.77. The summed E-state index contributed by atoms with van der Waals surface area (Å²) in [4.78, 5) is 26.1. The van der Waals surface area contributed by atoms with Crippen molar-refractivity contribution >= 4 is 22.8 Å². The van der Waals surface area contributed by atoms with Gasteiger partial charge in [0.2, 0.25) is 5.95 Å². The van der Waals surface area contributed by atoms with Crippen molar-refractivity contribution in [2.24, 2.45) is 7.05 Å². The van der Waals surface area contributed by atoms with E-state index >= 15 is 0 Å². The Morgan fingerprint density at radius 1 is 1.11 bits per heavy atom. The number of pyridine rings is 2. The van der Waals surface area contributed by atoms with Crippen LogP contribution in [0.15, 0.2) is 53.6 Å². The molecule has 0 atom stereocenters. The first kappa shape index (κ1) is 17.7. The van der Waals surface area contributed by atoms with E-state index in [2.05, 4.69) is 20.3 Å². The van der Waals surface area contributed by atoms with Crippen LogP contribution in [0.25, 0.3) is 22.2 Å². The molecule has 2 N–H and O–H groups in total. The van der Waals surface area contributed by atoms with Crippen LogP contribution in [0.2, 0.25) is 0 Å². The van der Waals surface area contributed by atoms with Gasteiger partial charge in [0.15, 0.2) is 0 Å². The minimum absolute atomic E-state index is 0.161. The zero-order valence-electron chi connectivity index (χ0n) is 15.8. The average molecular weight is 373 g/mol. The Labute approximate surface area is 161 Å². The largest absolute Gasteiger partial charge is 0.508 e. The zero-order valence-corrected chi connectivity index (χ0v) is 15.8. The highest BCUT2D eigenvalue weighted by Crippen LogP contribution is 2.31. The number of benzene rings is 1. The number of aromatic hydroxyl groups is 1. The number of rotatable bonds is 3. The summed E-state index contributed by atoms with van der Waals surface area (Å²) in [6.07, 6.45) is 3.34. The molecule has 4 aromatic rings. The van der Waals surface area contributed by atoms with Crippen LogP contribution in [0.5, 0.6) is 5.75 Å². The Balaban J connectivity index is 1.87. The molecule has 3 aromatic heterocycles. The maximum absolute atomic E-state index is 13.1. The molecule has 28 heavy (non-hydrogen) atoms. The first-order valence-corrected chi connectivity index (χ1v) is 8.80. The van der Waals surface area contributed by atoms with Crippen LogP contribution in [0.4, 0.5) is 11.8 Å². The van der Waals surface area contributed by atoms with Gasteiger partial charge in [-0.3, -0.25) is 9.36 Å². The Morgan fingerprint density at radius 3 is 2.68 bits per heavy atom. The quantitative estimate of drug-likeness (QED) is 0.571. The predicted octanol–water partition coefficient (Wildman–Crippen LogP) is 3.46. The molecule has 0 saturated heterocycles. The second-order valence-electron chi connectivity index (χ2n) is 6.64. The van der Waals surface area contributed by atoms with Crippen molar-refractivity contribution in [2.45, 2.75) is 13.8 Å². The van der Waals surface area contributed by atoms with Crippen LogP contribution in [0.1, 0.15) is 11.1 Å². The van der Waals surface area contributed by atoms with Crippen molar-refractivity contribution in [3.8, 4) is 16.9 Å². The molecule has 0 aliphatic carbocycles. The summed E-state index contributed by atoms with van der Waals surface area (Å²) >= 11 is 0. The molecule has 0 aliphatic heterocycles. The third kappa shape index (κ3) is 2.96. The lowest BCUT2D eigenvalue weighted by atomic mass is 9.95. The van der Waals surface area contributed by atoms with Gasteiger partial charge in [0, 0.05) is 30.4 Å². The highest BCUT2D eigenvalue weighted by Gasteiger charge is 2.16. The number of aromatic nitrogens is 4. The molecule has 0 fully saturated rings. The van der Waals surface area contributed by atoms with Gasteiger partial charge >= 0.3 is 0 Å². The van der Waals surface area contributed by atoms with Crippen molar-refractivity contribution in [3.05, 3.63) is 70.3 Å². The summed E-state index contributed by atoms with van der Waals surface area (Å²) in [5.41, 5.74) is 3.16. The lowest BCUT2D eigenvalue weighted by Gasteiger charge is -2.14. The van der Waals surface area contributed by atoms with Gasteiger partial charge in [-0.15, -0.1) is 0 Å². The summed E-state index contributed by atoms with van der Waals surface area (Å²) in [5.74, 6) is 1.14. The highest BCUT2D eigenvalue weighted by atomic mass is 16.3. The predicted molar refractivity (Wildman–Crippen MR) is 109 cm³/mol. The Kier molecular flexibility index (Phi) is 4.27. The Hall–Kier alpha value is -3.74. The average Bonchev–Trinajstić information content (AvgIpc) is 2.70. The van der Waals surface area contributed by atoms with Gasteiger partial charge in [-0.1, -0.05) is 12.1 Å². The molecule has 0 saturated carbocycles. The zero-order chi connectivity index (χ0) is 19.8. The monoisotopic (exact) mass is 373 g/mol. The maximum atomic E-state index is 13.1. The van der Waals surface area contributed by atoms with Crippen LogP contribution >= 0.6 is 0 Å². The summed E-state index contributed by atoms with van der Waals surface area (Å²) in [6, 6.07) is 10.7. The van der Waals surface area contributed by atoms with Gasteiger partial charge in [0.1, 0.15) is 17.2 Å². The normalized spacial score (nSPS) is 11.0. The number of aryl methyl sites for hydroxylation is 2. The van der Waals surface area contributed by atoms with Crippen LogP contribution in [0.3, 0.4) is 0 Å². The molecule has 0 spiro atoms. The third-order valence-electron chi connectivity index (χ3n) is 4.77. The first-order chi connectivity index (χ1) is 13.5. The van der Waals surface area contributed by atoms with Crippen LogP contribution in [0, 0.1) is 13.8 Å². The van der Waals surface area contributed by atoms with Crippen molar-refractivity contribution in [3.63, 3.8) is 0 Å². The van der Waals surface area contributed by atoms with Crippen LogP contribution in [-0.2, 0) is 7.05 Å². The van der Waals surface area contributed by atoms with E-state index in [-0.39, 0.29) is 11.3 Å². The van der Waals surface area contributed by atoms with Gasteiger partial charge in [-0.05, 0) is 54.8 Å². The van der Waals surface area contributed by atoms with Gasteiger partial charge in [-0.2, -0.15) is 4.98 Å². The van der Waals surface area contributed by atoms with Crippen molar-refractivity contribution < 1.29 is 5.11 Å². The number of hydrogen-bond acceptors (Lipinski definition) is 6. The van der Waals surface area contributed by atoms with E-state index < -0.39 is 0 Å². The number of nitrogens with one attached hydrogen (secondary N) is 1. The molecule has 0 radical (unpaired) electrons. The fourth-order valence-electron chi connectivity index (χ4n) is 3.29. The molecule has 0 unspecified atom stereocenters. The SMILES string of the molecule is Cc1ccc(O)c(C)c1-c1cc2cnc(Nc3ccccn3)nc2n(C)c1=O. The lowest BCUT2D eigenvalue weighted by molar-refractivity contribution is 0.471. The molecule has 0 amide bonds. The minimum Gasteiger partial charge on any atom is -0.508 e. The highest BCUT2D eigenvalue weighted by molar-refractivity contribution is 5.84. The fraction of sp³-hybridized carbons (Fsp3) is 0.143. The molecule has 0 aliphatic rings. The molecule has 7 nitrogen and oxygen atoms in total. The van der Waals surface area contributed by atoms with Gasteiger partial charge < -0.3 is 10.4 Å². The molecule has 4 rings (SSSR count). The molecular formula is C21H19N5O2. The van der Waals surface area contributed by atoms with Gasteiger partial charge in [0.25, 0.3) is 5.56 Å². The summed E-state index contributed by atoms with van der Waals surface area (Å²) in [5, 5.41) is 13.8. The van der Waals surface area contributed by atoms with E-state index in [1.807, 2.05) is 25.1 Å². The van der Waals surface area contributed by atoms with Gasteiger partial charge in [0.05, 0.1) is 0 Å². The second-order valence-corrected chi connectivity index (χ2v) is 6.64. The number of phenols is 1. The summed E-state index contributed by atoms with van der Waals surface area (Å²) < 4.78 is 1.50. The van der Waals surface area contributed by atoms with E-state index in [0.29, 0.717) is 28.5 Å². The van der Waals surface area contributed by atoms with Crippen LogP contribution < -0.4 is 10.9 Å². The topological polar surface area (TPSA) is 92.9 Å². The van der Waals surface area contributed by atoms with Crippen molar-refractivity contribution in [2.75, 3.05) is 5.32 Å². The van der Waals surface area contributed by atoms with Gasteiger partial charge in [-0.25, -0.2) is 9.97 Å². The summed E-state index contributed by atoms with van der Waals surface area (Å²) in [6.45, 7) is 3.72. The minimum atomic E-state index is -0.188. The molecular weight excluding hydrogens is 354 g/mol. The van der Waals surface area contributed by atoms with E-state index in [1.165, 1.54) is 4.57 Å². The van der Waals surface area contributed by atoms with E-state index in [0.717, 1.165) is 16.5 Å². The number of phenolic OH excluding ortho intramolecular Hbond substituents is 1. The fourth-order valence-corrected chi connectivity index (χ4v) is 3.29. The number of nitrogens with zero attached hydrogens (tertiary/aromatic N) is 4. The molecule has 3 heterocycles. The first-order valence-electron chi connectivity index (χ1n) is 8.80. The smallest absolute Gasteiger partial charge is 0.259 e. The number of hydrogen-bond donors (Lipinski definition) is 2. The molecule has 7 heteroatoms.